The van der Waals surface area contributed by atoms with Crippen LogP contribution in [0.5, 0.6) is 0 Å². The molecule has 0 saturated carbocycles. The minimum absolute atomic E-state index is 0.170. The Hall–Kier alpha value is -1.68. The van der Waals surface area contributed by atoms with E-state index < -0.39 is 0 Å². The Labute approximate surface area is 115 Å². The van der Waals surface area contributed by atoms with Gasteiger partial charge in [0.15, 0.2) is 0 Å². The van der Waals surface area contributed by atoms with E-state index in [0.29, 0.717) is 0 Å². The third kappa shape index (κ3) is 2.16. The molecule has 0 saturated heterocycles. The number of hydrogen-bond acceptors (Lipinski definition) is 3. The van der Waals surface area contributed by atoms with Gasteiger partial charge in [-0.25, -0.2) is 14.4 Å². The Morgan fingerprint density at radius 2 is 2.00 bits per heavy atom. The minimum atomic E-state index is -0.224. The predicted molar refractivity (Wildman–Crippen MR) is 73.2 cm³/mol. The lowest BCUT2D eigenvalue weighted by molar-refractivity contribution is 0.625. The molecule has 5 heteroatoms. The van der Waals surface area contributed by atoms with Crippen LogP contribution in [0.1, 0.15) is 29.2 Å². The first kappa shape index (κ1) is 12.4. The van der Waals surface area contributed by atoms with Crippen molar-refractivity contribution in [2.45, 2.75) is 18.8 Å². The van der Waals surface area contributed by atoms with E-state index >= 15 is 0 Å². The molecule has 1 atom stereocenters. The Bertz CT molecular complexity index is 613. The zero-order chi connectivity index (χ0) is 13.4. The minimum Gasteiger partial charge on any atom is -0.373 e. The highest BCUT2D eigenvalue weighted by molar-refractivity contribution is 6.28. The zero-order valence-electron chi connectivity index (χ0n) is 10.5. The average Bonchev–Trinajstić information content (AvgIpc) is 2.82. The summed E-state index contributed by atoms with van der Waals surface area (Å²) < 4.78 is 13.0. The summed E-state index contributed by atoms with van der Waals surface area (Å²) in [5, 5.41) is 3.30. The Balaban J connectivity index is 2.06. The van der Waals surface area contributed by atoms with Crippen molar-refractivity contribution < 1.29 is 4.39 Å². The van der Waals surface area contributed by atoms with E-state index in [2.05, 4.69) is 15.3 Å². The van der Waals surface area contributed by atoms with Crippen LogP contribution in [0.25, 0.3) is 0 Å². The second kappa shape index (κ2) is 4.78. The number of hydrogen-bond donors (Lipinski definition) is 1. The topological polar surface area (TPSA) is 37.8 Å². The van der Waals surface area contributed by atoms with Crippen LogP contribution >= 0.6 is 11.6 Å². The molecule has 98 valence electrons. The van der Waals surface area contributed by atoms with Gasteiger partial charge in [-0.2, -0.15) is 0 Å². The summed E-state index contributed by atoms with van der Waals surface area (Å²) in [6.45, 7) is 0. The predicted octanol–water partition coefficient (Wildman–Crippen LogP) is 3.39. The van der Waals surface area contributed by atoms with Gasteiger partial charge >= 0.3 is 0 Å². The van der Waals surface area contributed by atoms with E-state index in [9.17, 15) is 4.39 Å². The maximum Gasteiger partial charge on any atom is 0.224 e. The summed E-state index contributed by atoms with van der Waals surface area (Å²) in [6.07, 6.45) is 1.86. The van der Waals surface area contributed by atoms with Crippen LogP contribution in [0.3, 0.4) is 0 Å². The molecule has 0 spiro atoms. The number of rotatable bonds is 2. The van der Waals surface area contributed by atoms with E-state index in [4.69, 9.17) is 11.6 Å². The van der Waals surface area contributed by atoms with Crippen molar-refractivity contribution in [2.75, 3.05) is 12.4 Å². The second-order valence-electron chi connectivity index (χ2n) is 4.60. The number of nitrogens with zero attached hydrogens (tertiary/aromatic N) is 2. The lowest BCUT2D eigenvalue weighted by Gasteiger charge is -2.12. The van der Waals surface area contributed by atoms with Crippen LogP contribution in [-0.4, -0.2) is 17.0 Å². The van der Waals surface area contributed by atoms with Gasteiger partial charge in [-0.1, -0.05) is 12.1 Å². The smallest absolute Gasteiger partial charge is 0.224 e. The molecule has 3 rings (SSSR count). The lowest BCUT2D eigenvalue weighted by atomic mass is 9.97. The van der Waals surface area contributed by atoms with Crippen molar-refractivity contribution >= 4 is 17.4 Å². The van der Waals surface area contributed by atoms with Crippen molar-refractivity contribution in [3.63, 3.8) is 0 Å². The van der Waals surface area contributed by atoms with Crippen LogP contribution in [0, 0.1) is 5.82 Å². The summed E-state index contributed by atoms with van der Waals surface area (Å²) in [7, 11) is 1.82. The van der Waals surface area contributed by atoms with Gasteiger partial charge in [0.2, 0.25) is 5.28 Å². The molecule has 0 fully saturated rings. The molecule has 0 radical (unpaired) electrons. The second-order valence-corrected chi connectivity index (χ2v) is 4.94. The van der Waals surface area contributed by atoms with Crippen LogP contribution in [0.4, 0.5) is 10.2 Å². The Morgan fingerprint density at radius 3 is 2.68 bits per heavy atom. The van der Waals surface area contributed by atoms with Crippen molar-refractivity contribution in [1.29, 1.82) is 0 Å². The van der Waals surface area contributed by atoms with Gasteiger partial charge in [0.25, 0.3) is 0 Å². The third-order valence-corrected chi connectivity index (χ3v) is 3.70. The van der Waals surface area contributed by atoms with Crippen LogP contribution in [0.2, 0.25) is 5.28 Å². The van der Waals surface area contributed by atoms with Crippen molar-refractivity contribution in [3.8, 4) is 0 Å². The molecular weight excluding hydrogens is 265 g/mol. The highest BCUT2D eigenvalue weighted by Gasteiger charge is 2.28. The number of benzene rings is 1. The summed E-state index contributed by atoms with van der Waals surface area (Å²) in [6, 6.07) is 6.58. The largest absolute Gasteiger partial charge is 0.373 e. The number of anilines is 1. The number of fused-ring (bicyclic) bond motifs is 1. The first-order valence-corrected chi connectivity index (χ1v) is 6.56. The number of nitrogens with one attached hydrogen (secondary N) is 1. The molecular formula is C14H13ClFN3. The van der Waals surface area contributed by atoms with Gasteiger partial charge in [-0.05, 0) is 42.1 Å². The normalized spacial score (nSPS) is 17.3. The Kier molecular flexibility index (Phi) is 3.11. The molecule has 1 aliphatic rings. The van der Waals surface area contributed by atoms with E-state index in [0.717, 1.165) is 35.5 Å². The highest BCUT2D eigenvalue weighted by atomic mass is 35.5. The fraction of sp³-hybridized carbons (Fsp3) is 0.286. The molecule has 0 unspecified atom stereocenters. The summed E-state index contributed by atoms with van der Waals surface area (Å²) in [5.41, 5.74) is 3.13. The molecule has 3 nitrogen and oxygen atoms in total. The lowest BCUT2D eigenvalue weighted by Crippen LogP contribution is -2.04. The number of halogens is 2. The fourth-order valence-corrected chi connectivity index (χ4v) is 2.84. The maximum atomic E-state index is 13.0. The van der Waals surface area contributed by atoms with Gasteiger partial charge in [0, 0.05) is 18.5 Å². The van der Waals surface area contributed by atoms with E-state index in [-0.39, 0.29) is 17.0 Å². The van der Waals surface area contributed by atoms with Gasteiger partial charge < -0.3 is 5.32 Å². The van der Waals surface area contributed by atoms with Crippen LogP contribution in [-0.2, 0) is 6.42 Å². The molecule has 1 aliphatic carbocycles. The summed E-state index contributed by atoms with van der Waals surface area (Å²) in [5.74, 6) is 0.737. The van der Waals surface area contributed by atoms with E-state index in [1.807, 2.05) is 19.2 Å². The maximum absolute atomic E-state index is 13.0. The van der Waals surface area contributed by atoms with Crippen LogP contribution < -0.4 is 5.32 Å². The van der Waals surface area contributed by atoms with Crippen molar-refractivity contribution in [2.24, 2.45) is 0 Å². The van der Waals surface area contributed by atoms with Gasteiger partial charge in [-0.3, -0.25) is 0 Å². The van der Waals surface area contributed by atoms with Gasteiger partial charge in [0.05, 0.1) is 5.69 Å². The summed E-state index contributed by atoms with van der Waals surface area (Å²) >= 11 is 5.96. The van der Waals surface area contributed by atoms with E-state index in [1.54, 1.807) is 0 Å². The zero-order valence-corrected chi connectivity index (χ0v) is 11.2. The van der Waals surface area contributed by atoms with Crippen molar-refractivity contribution in [3.05, 3.63) is 52.2 Å². The van der Waals surface area contributed by atoms with Gasteiger partial charge in [-0.15, -0.1) is 0 Å². The molecule has 0 bridgehead atoms. The molecule has 1 aromatic carbocycles. The highest BCUT2D eigenvalue weighted by Crippen LogP contribution is 2.39. The molecule has 1 N–H and O–H groups in total. The van der Waals surface area contributed by atoms with Crippen molar-refractivity contribution in [1.82, 2.24) is 9.97 Å². The molecule has 2 aromatic rings. The third-order valence-electron chi connectivity index (χ3n) is 3.53. The first-order valence-electron chi connectivity index (χ1n) is 6.18. The molecule has 0 amide bonds. The molecule has 1 heterocycles. The monoisotopic (exact) mass is 277 g/mol. The van der Waals surface area contributed by atoms with Gasteiger partial charge in [0.1, 0.15) is 11.6 Å². The van der Waals surface area contributed by atoms with Crippen LogP contribution in [0.15, 0.2) is 24.3 Å². The SMILES string of the molecule is CNc1nc(Cl)nc2c1CC[C@@H]2c1ccc(F)cc1. The molecule has 0 aliphatic heterocycles. The first-order chi connectivity index (χ1) is 9.19. The van der Waals surface area contributed by atoms with E-state index in [1.165, 1.54) is 12.1 Å². The Morgan fingerprint density at radius 1 is 1.26 bits per heavy atom. The average molecular weight is 278 g/mol. The molecule has 1 aromatic heterocycles. The molecule has 19 heavy (non-hydrogen) atoms. The summed E-state index contributed by atoms with van der Waals surface area (Å²) in [4.78, 5) is 8.55. The standard InChI is InChI=1S/C14H13ClFN3/c1-17-13-11-7-6-10(12(11)18-14(15)19-13)8-2-4-9(16)5-3-8/h2-5,10H,6-7H2,1H3,(H,17,18,19)/t10-/m1/s1. The fourth-order valence-electron chi connectivity index (χ4n) is 2.66. The number of aromatic nitrogens is 2. The quantitative estimate of drug-likeness (QED) is 0.855.